The number of hydrogen-bond acceptors (Lipinski definition) is 5. The van der Waals surface area contributed by atoms with Gasteiger partial charge in [-0.25, -0.2) is 0 Å². The van der Waals surface area contributed by atoms with Crippen LogP contribution in [0.1, 0.15) is 25.3 Å². The molecule has 0 aliphatic carbocycles. The van der Waals surface area contributed by atoms with E-state index in [9.17, 15) is 0 Å². The highest BCUT2D eigenvalue weighted by molar-refractivity contribution is 9.10. The molecule has 0 spiro atoms. The zero-order chi connectivity index (χ0) is 12.5. The van der Waals surface area contributed by atoms with Gasteiger partial charge in [-0.1, -0.05) is 12.1 Å². The number of halogens is 1. The lowest BCUT2D eigenvalue weighted by Gasteiger charge is -2.09. The third-order valence-corrected chi connectivity index (χ3v) is 3.85. The van der Waals surface area contributed by atoms with Crippen LogP contribution in [0.4, 0.5) is 0 Å². The largest absolute Gasteiger partial charge is 0.337 e. The van der Waals surface area contributed by atoms with Gasteiger partial charge in [0.1, 0.15) is 5.69 Å². The maximum Gasteiger partial charge on any atom is 0.244 e. The Morgan fingerprint density at radius 2 is 2.39 bits per heavy atom. The molecule has 18 heavy (non-hydrogen) atoms. The third-order valence-electron chi connectivity index (χ3n) is 3.21. The van der Waals surface area contributed by atoms with Crippen molar-refractivity contribution >= 4 is 15.9 Å². The van der Waals surface area contributed by atoms with Crippen LogP contribution in [0.25, 0.3) is 11.5 Å². The second-order valence-corrected chi connectivity index (χ2v) is 5.34. The molecule has 1 aliphatic rings. The first kappa shape index (κ1) is 11.8. The van der Waals surface area contributed by atoms with Crippen LogP contribution in [0.15, 0.2) is 27.3 Å². The maximum absolute atomic E-state index is 5.34. The quantitative estimate of drug-likeness (QED) is 0.923. The first-order chi connectivity index (χ1) is 8.75. The van der Waals surface area contributed by atoms with E-state index in [1.165, 1.54) is 0 Å². The Kier molecular flexibility index (Phi) is 3.13. The molecule has 1 saturated heterocycles. The van der Waals surface area contributed by atoms with Crippen molar-refractivity contribution in [3.05, 3.63) is 28.7 Å². The summed E-state index contributed by atoms with van der Waals surface area (Å²) < 4.78 is 6.21. The maximum atomic E-state index is 5.34. The SMILES string of the molecule is CC1CCNC1c1nc(-c2ncccc2Br)no1. The van der Waals surface area contributed by atoms with Gasteiger partial charge in [0, 0.05) is 10.7 Å². The second kappa shape index (κ2) is 4.78. The minimum atomic E-state index is 0.161. The van der Waals surface area contributed by atoms with Crippen LogP contribution < -0.4 is 5.32 Å². The van der Waals surface area contributed by atoms with Gasteiger partial charge in [-0.2, -0.15) is 4.98 Å². The van der Waals surface area contributed by atoms with E-state index in [0.29, 0.717) is 23.3 Å². The van der Waals surface area contributed by atoms with Gasteiger partial charge in [-0.05, 0) is 46.9 Å². The van der Waals surface area contributed by atoms with Crippen molar-refractivity contribution in [3.8, 4) is 11.5 Å². The fourth-order valence-corrected chi connectivity index (χ4v) is 2.61. The van der Waals surface area contributed by atoms with Gasteiger partial charge in [-0.15, -0.1) is 0 Å². The average molecular weight is 309 g/mol. The molecule has 94 valence electrons. The second-order valence-electron chi connectivity index (χ2n) is 4.49. The highest BCUT2D eigenvalue weighted by Gasteiger charge is 2.29. The Morgan fingerprint density at radius 1 is 1.50 bits per heavy atom. The molecule has 2 atom stereocenters. The molecule has 5 nitrogen and oxygen atoms in total. The minimum Gasteiger partial charge on any atom is -0.337 e. The smallest absolute Gasteiger partial charge is 0.244 e. The van der Waals surface area contributed by atoms with Crippen molar-refractivity contribution < 1.29 is 4.52 Å². The van der Waals surface area contributed by atoms with Crippen molar-refractivity contribution in [2.75, 3.05) is 6.54 Å². The van der Waals surface area contributed by atoms with Gasteiger partial charge >= 0.3 is 0 Å². The molecule has 0 amide bonds. The molecular formula is C12H13BrN4O. The molecule has 2 unspecified atom stereocenters. The Hall–Kier alpha value is -1.27. The fourth-order valence-electron chi connectivity index (χ4n) is 2.17. The first-order valence-corrected chi connectivity index (χ1v) is 6.73. The van der Waals surface area contributed by atoms with E-state index in [4.69, 9.17) is 4.52 Å². The van der Waals surface area contributed by atoms with E-state index in [1.807, 2.05) is 12.1 Å². The molecule has 3 heterocycles. The van der Waals surface area contributed by atoms with Gasteiger partial charge in [0.2, 0.25) is 11.7 Å². The molecule has 0 bridgehead atoms. The normalized spacial score (nSPS) is 23.4. The predicted molar refractivity (Wildman–Crippen MR) is 69.8 cm³/mol. The van der Waals surface area contributed by atoms with Crippen molar-refractivity contribution in [3.63, 3.8) is 0 Å². The summed E-state index contributed by atoms with van der Waals surface area (Å²) in [4.78, 5) is 8.70. The zero-order valence-corrected chi connectivity index (χ0v) is 11.5. The van der Waals surface area contributed by atoms with Crippen molar-refractivity contribution in [2.24, 2.45) is 5.92 Å². The lowest BCUT2D eigenvalue weighted by Crippen LogP contribution is -2.16. The van der Waals surface area contributed by atoms with E-state index < -0.39 is 0 Å². The Balaban J connectivity index is 1.92. The molecular weight excluding hydrogens is 296 g/mol. The summed E-state index contributed by atoms with van der Waals surface area (Å²) in [7, 11) is 0. The van der Waals surface area contributed by atoms with Crippen molar-refractivity contribution in [1.29, 1.82) is 0 Å². The summed E-state index contributed by atoms with van der Waals surface area (Å²) in [6.45, 7) is 3.18. The van der Waals surface area contributed by atoms with E-state index in [0.717, 1.165) is 17.4 Å². The van der Waals surface area contributed by atoms with Crippen LogP contribution >= 0.6 is 15.9 Å². The number of aromatic nitrogens is 3. The highest BCUT2D eigenvalue weighted by Crippen LogP contribution is 2.30. The molecule has 0 aromatic carbocycles. The van der Waals surface area contributed by atoms with Crippen molar-refractivity contribution in [2.45, 2.75) is 19.4 Å². The number of nitrogens with zero attached hydrogens (tertiary/aromatic N) is 3. The summed E-state index contributed by atoms with van der Waals surface area (Å²) in [5.41, 5.74) is 0.707. The monoisotopic (exact) mass is 308 g/mol. The van der Waals surface area contributed by atoms with Crippen LogP contribution in [-0.2, 0) is 0 Å². The van der Waals surface area contributed by atoms with Gasteiger partial charge in [-0.3, -0.25) is 4.98 Å². The predicted octanol–water partition coefficient (Wildman–Crippen LogP) is 2.56. The minimum absolute atomic E-state index is 0.161. The molecule has 0 radical (unpaired) electrons. The first-order valence-electron chi connectivity index (χ1n) is 5.93. The third kappa shape index (κ3) is 2.06. The molecule has 6 heteroatoms. The Labute approximate surface area is 113 Å². The van der Waals surface area contributed by atoms with E-state index in [-0.39, 0.29) is 6.04 Å². The van der Waals surface area contributed by atoms with E-state index >= 15 is 0 Å². The number of pyridine rings is 1. The van der Waals surface area contributed by atoms with Crippen LogP contribution in [-0.4, -0.2) is 21.7 Å². The fraction of sp³-hybridized carbons (Fsp3) is 0.417. The number of rotatable bonds is 2. The Bertz CT molecular complexity index is 557. The molecule has 2 aromatic rings. The van der Waals surface area contributed by atoms with Crippen LogP contribution in [0.5, 0.6) is 0 Å². The van der Waals surface area contributed by atoms with Gasteiger partial charge < -0.3 is 9.84 Å². The molecule has 0 saturated carbocycles. The zero-order valence-electron chi connectivity index (χ0n) is 9.93. The summed E-state index contributed by atoms with van der Waals surface area (Å²) >= 11 is 3.44. The molecule has 1 N–H and O–H groups in total. The van der Waals surface area contributed by atoms with E-state index in [1.54, 1.807) is 6.20 Å². The summed E-state index contributed by atoms with van der Waals surface area (Å²) in [5, 5.41) is 7.38. The van der Waals surface area contributed by atoms with E-state index in [2.05, 4.69) is 43.3 Å². The average Bonchev–Trinajstić information content (AvgIpc) is 2.98. The molecule has 1 aliphatic heterocycles. The lowest BCUT2D eigenvalue weighted by atomic mass is 10.0. The van der Waals surface area contributed by atoms with Crippen LogP contribution in [0.2, 0.25) is 0 Å². The topological polar surface area (TPSA) is 63.8 Å². The van der Waals surface area contributed by atoms with Gasteiger partial charge in [0.25, 0.3) is 0 Å². The molecule has 3 rings (SSSR count). The van der Waals surface area contributed by atoms with Gasteiger partial charge in [0.15, 0.2) is 0 Å². The summed E-state index contributed by atoms with van der Waals surface area (Å²) in [6.07, 6.45) is 2.85. The van der Waals surface area contributed by atoms with Crippen molar-refractivity contribution in [1.82, 2.24) is 20.4 Å². The number of nitrogens with one attached hydrogen (secondary N) is 1. The standard InChI is InChI=1S/C12H13BrN4O/c1-7-4-6-15-9(7)12-16-11(17-18-12)10-8(13)3-2-5-14-10/h2-3,5,7,9,15H,4,6H2,1H3. The number of hydrogen-bond donors (Lipinski definition) is 1. The Morgan fingerprint density at radius 3 is 3.11 bits per heavy atom. The summed E-state index contributed by atoms with van der Waals surface area (Å²) in [5.74, 6) is 1.69. The van der Waals surface area contributed by atoms with Crippen LogP contribution in [0.3, 0.4) is 0 Å². The van der Waals surface area contributed by atoms with Crippen LogP contribution in [0, 0.1) is 5.92 Å². The molecule has 2 aromatic heterocycles. The lowest BCUT2D eigenvalue weighted by molar-refractivity contribution is 0.319. The highest BCUT2D eigenvalue weighted by atomic mass is 79.9. The molecule has 1 fully saturated rings. The summed E-state index contributed by atoms with van der Waals surface area (Å²) in [6, 6.07) is 3.93. The van der Waals surface area contributed by atoms with Gasteiger partial charge in [0.05, 0.1) is 6.04 Å².